The molecule has 0 aromatic heterocycles. The summed E-state index contributed by atoms with van der Waals surface area (Å²) in [6, 6.07) is 4.38. The Bertz CT molecular complexity index is 775. The highest BCUT2D eigenvalue weighted by Gasteiger charge is 2.31. The van der Waals surface area contributed by atoms with Crippen LogP contribution in [0.3, 0.4) is 0 Å². The monoisotopic (exact) mass is 468 g/mol. The van der Waals surface area contributed by atoms with Crippen molar-refractivity contribution in [2.24, 2.45) is 5.73 Å². The molecular weight excluding hydrogens is 436 g/mol. The Kier molecular flexibility index (Phi) is 11.7. The topological polar surface area (TPSA) is 171 Å². The first kappa shape index (κ1) is 27.4. The fourth-order valence-electron chi connectivity index (χ4n) is 2.78. The van der Waals surface area contributed by atoms with Crippen molar-refractivity contribution in [3.8, 4) is 0 Å². The molecule has 1 aromatic carbocycles. The zero-order chi connectivity index (χ0) is 24.3. The maximum Gasteiger partial charge on any atom is 0.326 e. The van der Waals surface area contributed by atoms with E-state index in [1.54, 1.807) is 30.3 Å². The number of aliphatic carboxylic acids is 1. The summed E-state index contributed by atoms with van der Waals surface area (Å²) in [4.78, 5) is 49.1. The lowest BCUT2D eigenvalue weighted by Crippen LogP contribution is -2.59. The van der Waals surface area contributed by atoms with Crippen LogP contribution >= 0.6 is 11.8 Å². The molecule has 0 radical (unpaired) electrons. The van der Waals surface area contributed by atoms with E-state index >= 15 is 0 Å². The molecule has 0 aliphatic heterocycles. The normalized spacial score (nSPS) is 15.5. The molecule has 0 saturated carbocycles. The molecule has 1 aromatic rings. The number of carbonyl (C=O) groups excluding carboxylic acids is 3. The molecule has 178 valence electrons. The average Bonchev–Trinajstić information content (AvgIpc) is 2.74. The lowest BCUT2D eigenvalue weighted by molar-refractivity contribution is -0.142. The first-order chi connectivity index (χ1) is 15.1. The van der Waals surface area contributed by atoms with Crippen LogP contribution in [-0.2, 0) is 25.6 Å². The van der Waals surface area contributed by atoms with Crippen LogP contribution in [0.5, 0.6) is 0 Å². The Hall–Kier alpha value is -2.63. The second kappa shape index (κ2) is 13.7. The van der Waals surface area contributed by atoms with Crippen molar-refractivity contribution in [3.63, 3.8) is 0 Å². The lowest BCUT2D eigenvalue weighted by atomic mass is 10.0. The van der Waals surface area contributed by atoms with Crippen LogP contribution in [-0.4, -0.2) is 76.2 Å². The van der Waals surface area contributed by atoms with Crippen molar-refractivity contribution in [2.75, 3.05) is 12.0 Å². The number of hydrogen-bond acceptors (Lipinski definition) is 7. The Morgan fingerprint density at radius 1 is 0.969 bits per heavy atom. The Morgan fingerprint density at radius 2 is 1.56 bits per heavy atom. The van der Waals surface area contributed by atoms with Gasteiger partial charge in [-0.05, 0) is 37.8 Å². The lowest BCUT2D eigenvalue weighted by Gasteiger charge is -2.26. The minimum absolute atomic E-state index is 0.0753. The molecule has 10 nitrogen and oxygen atoms in total. The molecule has 32 heavy (non-hydrogen) atoms. The van der Waals surface area contributed by atoms with E-state index < -0.39 is 54.0 Å². The molecule has 0 bridgehead atoms. The third-order valence-electron chi connectivity index (χ3n) is 4.62. The van der Waals surface area contributed by atoms with Gasteiger partial charge in [-0.1, -0.05) is 30.3 Å². The molecule has 7 N–H and O–H groups in total. The van der Waals surface area contributed by atoms with Crippen molar-refractivity contribution >= 4 is 35.5 Å². The first-order valence-electron chi connectivity index (χ1n) is 10.2. The maximum absolute atomic E-state index is 12.8. The molecule has 5 unspecified atom stereocenters. The summed E-state index contributed by atoms with van der Waals surface area (Å²) in [5.41, 5.74) is 6.23. The SMILES string of the molecule is CSCCC(NC(=O)C(NC(=O)C(C)N)C(C)O)C(=O)NC(Cc1ccccc1)C(=O)O. The van der Waals surface area contributed by atoms with E-state index in [9.17, 15) is 29.4 Å². The molecule has 0 aliphatic rings. The van der Waals surface area contributed by atoms with E-state index in [0.717, 1.165) is 5.56 Å². The summed E-state index contributed by atoms with van der Waals surface area (Å²) in [5, 5.41) is 26.8. The molecule has 0 fully saturated rings. The van der Waals surface area contributed by atoms with Crippen LogP contribution in [0, 0.1) is 0 Å². The number of benzene rings is 1. The zero-order valence-electron chi connectivity index (χ0n) is 18.4. The van der Waals surface area contributed by atoms with E-state index in [4.69, 9.17) is 5.73 Å². The summed E-state index contributed by atoms with van der Waals surface area (Å²) in [5.74, 6) is -2.77. The third-order valence-corrected chi connectivity index (χ3v) is 5.26. The minimum Gasteiger partial charge on any atom is -0.480 e. The van der Waals surface area contributed by atoms with Gasteiger partial charge >= 0.3 is 5.97 Å². The van der Waals surface area contributed by atoms with Crippen molar-refractivity contribution < 1.29 is 29.4 Å². The molecule has 0 heterocycles. The van der Waals surface area contributed by atoms with E-state index in [1.165, 1.54) is 25.6 Å². The third kappa shape index (κ3) is 9.25. The average molecular weight is 469 g/mol. The fraction of sp³-hybridized carbons (Fsp3) is 0.524. The number of aliphatic hydroxyl groups is 1. The van der Waals surface area contributed by atoms with Gasteiger partial charge in [-0.3, -0.25) is 14.4 Å². The van der Waals surface area contributed by atoms with Gasteiger partial charge in [0.2, 0.25) is 17.7 Å². The van der Waals surface area contributed by atoms with E-state index in [0.29, 0.717) is 5.75 Å². The van der Waals surface area contributed by atoms with Crippen molar-refractivity contribution in [2.45, 2.75) is 57.0 Å². The van der Waals surface area contributed by atoms with Crippen molar-refractivity contribution in [1.29, 1.82) is 0 Å². The van der Waals surface area contributed by atoms with Gasteiger partial charge in [0.25, 0.3) is 0 Å². The van der Waals surface area contributed by atoms with Gasteiger partial charge in [0.15, 0.2) is 0 Å². The number of carboxylic acids is 1. The van der Waals surface area contributed by atoms with Gasteiger partial charge < -0.3 is 31.9 Å². The van der Waals surface area contributed by atoms with Crippen LogP contribution in [0.2, 0.25) is 0 Å². The number of nitrogens with two attached hydrogens (primary N) is 1. The van der Waals surface area contributed by atoms with Crippen molar-refractivity contribution in [3.05, 3.63) is 35.9 Å². The second-order valence-corrected chi connectivity index (χ2v) is 8.43. The van der Waals surface area contributed by atoms with Gasteiger partial charge in [0.05, 0.1) is 12.1 Å². The van der Waals surface area contributed by atoms with Gasteiger partial charge in [-0.15, -0.1) is 0 Å². The van der Waals surface area contributed by atoms with Crippen LogP contribution < -0.4 is 21.7 Å². The molecule has 3 amide bonds. The van der Waals surface area contributed by atoms with Gasteiger partial charge in [-0.25, -0.2) is 4.79 Å². The number of aliphatic hydroxyl groups excluding tert-OH is 1. The number of nitrogens with one attached hydrogen (secondary N) is 3. The summed E-state index contributed by atoms with van der Waals surface area (Å²) in [6.45, 7) is 2.75. The van der Waals surface area contributed by atoms with Crippen LogP contribution in [0.25, 0.3) is 0 Å². The maximum atomic E-state index is 12.8. The summed E-state index contributed by atoms with van der Waals surface area (Å²) in [7, 11) is 0. The number of thioether (sulfide) groups is 1. The van der Waals surface area contributed by atoms with Gasteiger partial charge in [0, 0.05) is 6.42 Å². The molecule has 0 saturated heterocycles. The molecule has 5 atom stereocenters. The predicted octanol–water partition coefficient (Wildman–Crippen LogP) is -0.751. The number of hydrogen-bond donors (Lipinski definition) is 6. The fourth-order valence-corrected chi connectivity index (χ4v) is 3.25. The zero-order valence-corrected chi connectivity index (χ0v) is 19.2. The smallest absolute Gasteiger partial charge is 0.326 e. The number of amides is 3. The van der Waals surface area contributed by atoms with Gasteiger partial charge in [-0.2, -0.15) is 11.8 Å². The predicted molar refractivity (Wildman–Crippen MR) is 122 cm³/mol. The summed E-state index contributed by atoms with van der Waals surface area (Å²) < 4.78 is 0. The molecule has 11 heteroatoms. The minimum atomic E-state index is -1.32. The summed E-state index contributed by atoms with van der Waals surface area (Å²) >= 11 is 1.45. The van der Waals surface area contributed by atoms with Crippen molar-refractivity contribution in [1.82, 2.24) is 16.0 Å². The standard InChI is InChI=1S/C21H32N4O6S/c1-12(22)18(27)25-17(13(2)26)20(29)23-15(9-10-32-3)19(28)24-16(21(30)31)11-14-7-5-4-6-8-14/h4-8,12-13,15-17,26H,9-11,22H2,1-3H3,(H,23,29)(H,24,28)(H,25,27)(H,30,31). The largest absolute Gasteiger partial charge is 0.480 e. The highest BCUT2D eigenvalue weighted by Crippen LogP contribution is 2.07. The van der Waals surface area contributed by atoms with E-state index in [-0.39, 0.29) is 12.8 Å². The second-order valence-electron chi connectivity index (χ2n) is 7.45. The van der Waals surface area contributed by atoms with Crippen LogP contribution in [0.15, 0.2) is 30.3 Å². The van der Waals surface area contributed by atoms with Crippen LogP contribution in [0.1, 0.15) is 25.8 Å². The number of rotatable bonds is 13. The molecule has 0 spiro atoms. The Balaban J connectivity index is 2.93. The van der Waals surface area contributed by atoms with Crippen LogP contribution in [0.4, 0.5) is 0 Å². The molecule has 0 aliphatic carbocycles. The van der Waals surface area contributed by atoms with E-state index in [2.05, 4.69) is 16.0 Å². The first-order valence-corrected chi connectivity index (χ1v) is 11.6. The number of carboxylic acid groups (broad SMARTS) is 1. The quantitative estimate of drug-likeness (QED) is 0.219. The molecular formula is C21H32N4O6S. The Labute approximate surface area is 191 Å². The highest BCUT2D eigenvalue weighted by molar-refractivity contribution is 7.98. The summed E-state index contributed by atoms with van der Waals surface area (Å²) in [6.07, 6.45) is 0.885. The highest BCUT2D eigenvalue weighted by atomic mass is 32.2. The van der Waals surface area contributed by atoms with E-state index in [1.807, 2.05) is 6.26 Å². The number of carbonyl (C=O) groups is 4. The molecule has 1 rings (SSSR count). The Morgan fingerprint density at radius 3 is 2.06 bits per heavy atom. The van der Waals surface area contributed by atoms with Gasteiger partial charge in [0.1, 0.15) is 18.1 Å².